The number of fused-ring (bicyclic) bond motifs is 4. The summed E-state index contributed by atoms with van der Waals surface area (Å²) in [7, 11) is 0. The molecule has 2 atom stereocenters. The van der Waals surface area contributed by atoms with Crippen LogP contribution in [-0.2, 0) is 0 Å². The van der Waals surface area contributed by atoms with E-state index in [4.69, 9.17) is 4.99 Å². The predicted molar refractivity (Wildman–Crippen MR) is 154 cm³/mol. The number of amides is 2. The van der Waals surface area contributed by atoms with Crippen LogP contribution in [0.5, 0.6) is 0 Å². The maximum absolute atomic E-state index is 14.3. The van der Waals surface area contributed by atoms with Gasteiger partial charge < -0.3 is 15.6 Å². The Labute approximate surface area is 225 Å². The summed E-state index contributed by atoms with van der Waals surface area (Å²) in [5, 5.41) is 8.15. The molecular weight excluding hydrogens is 486 g/mol. The lowest BCUT2D eigenvalue weighted by Gasteiger charge is -2.34. The zero-order chi connectivity index (χ0) is 26.5. The lowest BCUT2D eigenvalue weighted by Crippen LogP contribution is -2.53. The third-order valence-electron chi connectivity index (χ3n) is 7.44. The topological polar surface area (TPSA) is 89.6 Å². The highest BCUT2D eigenvalue weighted by atomic mass is 16.2. The van der Waals surface area contributed by atoms with Gasteiger partial charge in [-0.15, -0.1) is 0 Å². The van der Waals surface area contributed by atoms with Crippen LogP contribution >= 0.6 is 0 Å². The standard InChI is InChI=1S/C32H25N5O2/c1-19-14-16-20(17-15-19)31(38)37-29-28(23-18-33-24-10-4-2-8-21(23)24)34-26-12-6-7-13-27(26)36-30(29)35-25-11-5-3-9-22(25)32(37)39/h2-18,28-29,33-34H,1H3,(H,35,36). The van der Waals surface area contributed by atoms with Gasteiger partial charge in [-0.2, -0.15) is 0 Å². The number of hydrogen-bond acceptors (Lipinski definition) is 5. The molecule has 2 unspecified atom stereocenters. The molecule has 0 spiro atoms. The van der Waals surface area contributed by atoms with Gasteiger partial charge in [0.05, 0.1) is 28.7 Å². The molecule has 7 rings (SSSR count). The van der Waals surface area contributed by atoms with E-state index in [2.05, 4.69) is 15.6 Å². The molecule has 0 aliphatic carbocycles. The first kappa shape index (κ1) is 23.0. The SMILES string of the molecule is Cc1ccc(C(=O)N2C(=O)c3ccccc3N=C3Nc4ccccc4NC(c4c[nH]c5ccccc45)C32)cc1. The van der Waals surface area contributed by atoms with Crippen LogP contribution in [0.3, 0.4) is 0 Å². The molecule has 0 radical (unpaired) electrons. The number of nitrogens with zero attached hydrogens (tertiary/aromatic N) is 2. The third kappa shape index (κ3) is 3.78. The lowest BCUT2D eigenvalue weighted by atomic mass is 9.95. The Kier molecular flexibility index (Phi) is 5.30. The second kappa shape index (κ2) is 8.99. The number of carbonyl (C=O) groups excluding carboxylic acids is 2. The molecule has 3 heterocycles. The highest BCUT2D eigenvalue weighted by Gasteiger charge is 2.45. The highest BCUT2D eigenvalue weighted by Crippen LogP contribution is 2.40. The average molecular weight is 512 g/mol. The smallest absolute Gasteiger partial charge is 0.263 e. The third-order valence-corrected chi connectivity index (χ3v) is 7.44. The van der Waals surface area contributed by atoms with Gasteiger partial charge in [-0.05, 0) is 49.4 Å². The van der Waals surface area contributed by atoms with E-state index in [1.165, 1.54) is 4.90 Å². The maximum atomic E-state index is 14.3. The fourth-order valence-corrected chi connectivity index (χ4v) is 5.49. The number of imide groups is 1. The van der Waals surface area contributed by atoms with Crippen molar-refractivity contribution in [1.82, 2.24) is 9.88 Å². The summed E-state index contributed by atoms with van der Waals surface area (Å²) in [6.07, 6.45) is 1.95. The minimum atomic E-state index is -0.773. The van der Waals surface area contributed by atoms with Crippen molar-refractivity contribution in [1.29, 1.82) is 0 Å². The van der Waals surface area contributed by atoms with Crippen molar-refractivity contribution in [2.75, 3.05) is 10.6 Å². The van der Waals surface area contributed by atoms with Crippen LogP contribution in [0, 0.1) is 6.92 Å². The van der Waals surface area contributed by atoms with Crippen molar-refractivity contribution in [3.8, 4) is 0 Å². The van der Waals surface area contributed by atoms with Crippen molar-refractivity contribution in [3.63, 3.8) is 0 Å². The molecule has 2 aliphatic rings. The van der Waals surface area contributed by atoms with Gasteiger partial charge in [0, 0.05) is 28.2 Å². The quantitative estimate of drug-likeness (QED) is 0.238. The van der Waals surface area contributed by atoms with E-state index in [-0.39, 0.29) is 11.8 Å². The van der Waals surface area contributed by atoms with E-state index >= 15 is 0 Å². The van der Waals surface area contributed by atoms with Gasteiger partial charge in [0.15, 0.2) is 0 Å². The Hall–Kier alpha value is -5.17. The van der Waals surface area contributed by atoms with Crippen molar-refractivity contribution in [2.45, 2.75) is 19.0 Å². The lowest BCUT2D eigenvalue weighted by molar-refractivity contribution is 0.0578. The van der Waals surface area contributed by atoms with E-state index in [0.29, 0.717) is 22.6 Å². The number of aliphatic imine (C=N–C) groups is 1. The molecule has 0 saturated heterocycles. The van der Waals surface area contributed by atoms with Crippen LogP contribution in [0.1, 0.15) is 37.9 Å². The normalized spacial score (nSPS) is 18.0. The first-order valence-corrected chi connectivity index (χ1v) is 12.9. The number of aromatic nitrogens is 1. The number of aryl methyl sites for hydroxylation is 1. The van der Waals surface area contributed by atoms with Gasteiger partial charge >= 0.3 is 0 Å². The van der Waals surface area contributed by atoms with E-state index in [9.17, 15) is 9.59 Å². The van der Waals surface area contributed by atoms with Gasteiger partial charge in [-0.25, -0.2) is 4.99 Å². The molecule has 0 bridgehead atoms. The molecule has 4 aromatic carbocycles. The molecule has 2 amide bonds. The first-order chi connectivity index (χ1) is 19.1. The molecule has 190 valence electrons. The average Bonchev–Trinajstić information content (AvgIpc) is 3.27. The number of rotatable bonds is 2. The van der Waals surface area contributed by atoms with Crippen LogP contribution in [0.4, 0.5) is 17.1 Å². The Morgan fingerprint density at radius 2 is 1.56 bits per heavy atom. The van der Waals surface area contributed by atoms with Crippen molar-refractivity contribution in [2.24, 2.45) is 4.99 Å². The first-order valence-electron chi connectivity index (χ1n) is 12.9. The van der Waals surface area contributed by atoms with E-state index < -0.39 is 12.1 Å². The van der Waals surface area contributed by atoms with Gasteiger partial charge in [0.2, 0.25) is 0 Å². The largest absolute Gasteiger partial charge is 0.374 e. The van der Waals surface area contributed by atoms with E-state index in [0.717, 1.165) is 33.4 Å². The number of para-hydroxylation sites is 4. The van der Waals surface area contributed by atoms with E-state index in [1.54, 1.807) is 24.3 Å². The van der Waals surface area contributed by atoms with Crippen molar-refractivity contribution < 1.29 is 9.59 Å². The summed E-state index contributed by atoms with van der Waals surface area (Å²) in [4.78, 5) is 38.3. The highest BCUT2D eigenvalue weighted by molar-refractivity contribution is 6.19. The van der Waals surface area contributed by atoms with Crippen molar-refractivity contribution >= 4 is 45.6 Å². The monoisotopic (exact) mass is 511 g/mol. The molecule has 39 heavy (non-hydrogen) atoms. The number of nitrogens with one attached hydrogen (secondary N) is 3. The van der Waals surface area contributed by atoms with Crippen LogP contribution in [0.25, 0.3) is 10.9 Å². The molecule has 7 nitrogen and oxygen atoms in total. The number of hydrogen-bond donors (Lipinski definition) is 3. The minimum absolute atomic E-state index is 0.381. The molecule has 1 aromatic heterocycles. The van der Waals surface area contributed by atoms with Gasteiger partial charge in [-0.1, -0.05) is 60.2 Å². The molecule has 2 aliphatic heterocycles. The van der Waals surface area contributed by atoms with Crippen LogP contribution in [0.2, 0.25) is 0 Å². The Balaban J connectivity index is 1.50. The zero-order valence-electron chi connectivity index (χ0n) is 21.2. The Morgan fingerprint density at radius 3 is 2.41 bits per heavy atom. The number of anilines is 2. The molecule has 0 fully saturated rings. The summed E-state index contributed by atoms with van der Waals surface area (Å²) in [6.45, 7) is 1.97. The van der Waals surface area contributed by atoms with Gasteiger partial charge in [0.25, 0.3) is 11.8 Å². The van der Waals surface area contributed by atoms with Gasteiger partial charge in [-0.3, -0.25) is 14.5 Å². The van der Waals surface area contributed by atoms with Crippen LogP contribution < -0.4 is 10.6 Å². The predicted octanol–water partition coefficient (Wildman–Crippen LogP) is 6.45. The van der Waals surface area contributed by atoms with Crippen molar-refractivity contribution in [3.05, 3.63) is 126 Å². The van der Waals surface area contributed by atoms with Crippen LogP contribution in [0.15, 0.2) is 108 Å². The number of H-pyrrole nitrogens is 1. The minimum Gasteiger partial charge on any atom is -0.374 e. The number of benzene rings is 4. The number of amidine groups is 1. The van der Waals surface area contributed by atoms with Crippen LogP contribution in [-0.4, -0.2) is 33.6 Å². The maximum Gasteiger partial charge on any atom is 0.263 e. The molecule has 0 saturated carbocycles. The van der Waals surface area contributed by atoms with E-state index in [1.807, 2.05) is 85.9 Å². The summed E-state index contributed by atoms with van der Waals surface area (Å²) in [5.74, 6) is -0.255. The molecular formula is C32H25N5O2. The summed E-state index contributed by atoms with van der Waals surface area (Å²) in [5.41, 5.74) is 5.95. The summed E-state index contributed by atoms with van der Waals surface area (Å²) < 4.78 is 0. The fourth-order valence-electron chi connectivity index (χ4n) is 5.49. The number of carbonyl (C=O) groups is 2. The van der Waals surface area contributed by atoms with Gasteiger partial charge in [0.1, 0.15) is 11.9 Å². The molecule has 3 N–H and O–H groups in total. The second-order valence-electron chi connectivity index (χ2n) is 9.89. The Bertz CT molecular complexity index is 1790. The second-order valence-corrected chi connectivity index (χ2v) is 9.89. The summed E-state index contributed by atoms with van der Waals surface area (Å²) in [6, 6.07) is 29.1. The molecule has 5 aromatic rings. The molecule has 7 heteroatoms. The fraction of sp³-hybridized carbons (Fsp3) is 0.0938. The number of aromatic amines is 1. The summed E-state index contributed by atoms with van der Waals surface area (Å²) >= 11 is 0. The zero-order valence-corrected chi connectivity index (χ0v) is 21.2. The Morgan fingerprint density at radius 1 is 0.846 bits per heavy atom.